The Balaban J connectivity index is 3.41. The molecule has 0 radical (unpaired) electrons. The fraction of sp³-hybridized carbons (Fsp3) is 0.250. The van der Waals surface area contributed by atoms with E-state index < -0.39 is 34.5 Å². The van der Waals surface area contributed by atoms with Crippen LogP contribution in [0.2, 0.25) is 0 Å². The van der Waals surface area contributed by atoms with Crippen LogP contribution in [-0.4, -0.2) is 29.3 Å². The maximum atomic E-state index is 12.1. The third-order valence-corrected chi connectivity index (χ3v) is 2.51. The van der Waals surface area contributed by atoms with Gasteiger partial charge in [0.25, 0.3) is 0 Å². The van der Waals surface area contributed by atoms with E-state index >= 15 is 0 Å². The Labute approximate surface area is 117 Å². The van der Waals surface area contributed by atoms with Crippen LogP contribution in [0.25, 0.3) is 0 Å². The summed E-state index contributed by atoms with van der Waals surface area (Å²) in [6, 6.07) is 0.832. The molecule has 1 aromatic heterocycles. The summed E-state index contributed by atoms with van der Waals surface area (Å²) in [4.78, 5) is 23.9. The maximum Gasteiger partial charge on any atom is 0.575 e. The Morgan fingerprint density at radius 3 is 2.53 bits per heavy atom. The number of ether oxygens (including phenoxy) is 2. The van der Waals surface area contributed by atoms with E-state index in [-0.39, 0.29) is 3.57 Å². The van der Waals surface area contributed by atoms with E-state index in [9.17, 15) is 28.1 Å². The van der Waals surface area contributed by atoms with E-state index in [4.69, 9.17) is 0 Å². The Kier molecular flexibility index (Phi) is 4.49. The molecule has 0 atom stereocenters. The van der Waals surface area contributed by atoms with Gasteiger partial charge in [0, 0.05) is 4.98 Å². The van der Waals surface area contributed by atoms with Gasteiger partial charge in [0.15, 0.2) is 5.56 Å². The van der Waals surface area contributed by atoms with Gasteiger partial charge in [0.1, 0.15) is 3.57 Å². The van der Waals surface area contributed by atoms with E-state index in [0.29, 0.717) is 0 Å². The third kappa shape index (κ3) is 3.90. The summed E-state index contributed by atoms with van der Waals surface area (Å²) in [6.07, 6.45) is -5.14. The number of alkyl halides is 3. The summed E-state index contributed by atoms with van der Waals surface area (Å²) in [7, 11) is 0.938. The van der Waals surface area contributed by atoms with Crippen LogP contribution in [0.4, 0.5) is 19.0 Å². The molecular weight excluding hydrogens is 388 g/mol. The second-order valence-corrected chi connectivity index (χ2v) is 4.11. The number of carbonyl (C=O) groups excluding carboxylic acids is 1. The molecule has 7 nitrogen and oxygen atoms in total. The zero-order valence-corrected chi connectivity index (χ0v) is 11.2. The molecule has 19 heavy (non-hydrogen) atoms. The second-order valence-electron chi connectivity index (χ2n) is 2.94. The summed E-state index contributed by atoms with van der Waals surface area (Å²) in [5.74, 6) is -3.24. The minimum absolute atomic E-state index is 0.127. The van der Waals surface area contributed by atoms with Crippen LogP contribution in [0.1, 0.15) is 10.4 Å². The number of nitrogens with zero attached hydrogens (tertiary/aromatic N) is 2. The molecule has 11 heteroatoms. The summed E-state index contributed by atoms with van der Waals surface area (Å²) >= 11 is 1.46. The fourth-order valence-electron chi connectivity index (χ4n) is 1.03. The van der Waals surface area contributed by atoms with Crippen LogP contribution < -0.4 is 4.74 Å². The highest BCUT2D eigenvalue weighted by Gasteiger charge is 2.38. The lowest BCUT2D eigenvalue weighted by Crippen LogP contribution is -2.21. The Morgan fingerprint density at radius 1 is 1.53 bits per heavy atom. The molecule has 1 heterocycles. The molecule has 0 saturated carbocycles. The molecule has 1 aromatic rings. The Hall–Kier alpha value is -1.66. The van der Waals surface area contributed by atoms with Gasteiger partial charge in [0.05, 0.1) is 7.11 Å². The van der Waals surface area contributed by atoms with Gasteiger partial charge in [-0.3, -0.25) is 0 Å². The van der Waals surface area contributed by atoms with Crippen molar-refractivity contribution >= 4 is 34.4 Å². The van der Waals surface area contributed by atoms with E-state index in [1.54, 1.807) is 0 Å². The van der Waals surface area contributed by atoms with Gasteiger partial charge in [-0.1, -0.05) is 0 Å². The van der Waals surface area contributed by atoms with E-state index in [1.807, 2.05) is 0 Å². The van der Waals surface area contributed by atoms with Crippen molar-refractivity contribution in [1.82, 2.24) is 4.98 Å². The van der Waals surface area contributed by atoms with E-state index in [0.717, 1.165) is 13.2 Å². The molecule has 0 fully saturated rings. The van der Waals surface area contributed by atoms with Crippen LogP contribution in [0.5, 0.6) is 5.88 Å². The van der Waals surface area contributed by atoms with E-state index in [1.165, 1.54) is 22.6 Å². The molecule has 0 unspecified atom stereocenters. The largest absolute Gasteiger partial charge is 0.575 e. The fourth-order valence-corrected chi connectivity index (χ4v) is 1.66. The predicted molar refractivity (Wildman–Crippen MR) is 61.6 cm³/mol. The minimum Gasteiger partial charge on any atom is -0.465 e. The van der Waals surface area contributed by atoms with Crippen molar-refractivity contribution in [3.63, 3.8) is 0 Å². The van der Waals surface area contributed by atoms with Crippen molar-refractivity contribution in [1.29, 1.82) is 0 Å². The molecule has 0 N–H and O–H groups in total. The number of pyridine rings is 1. The lowest BCUT2D eigenvalue weighted by atomic mass is 10.2. The molecule has 104 valence electrons. The van der Waals surface area contributed by atoms with Gasteiger partial charge in [-0.15, -0.1) is 13.2 Å². The van der Waals surface area contributed by atoms with Crippen molar-refractivity contribution in [3.05, 3.63) is 25.3 Å². The van der Waals surface area contributed by atoms with E-state index in [2.05, 4.69) is 14.5 Å². The van der Waals surface area contributed by atoms with Crippen molar-refractivity contribution in [2.45, 2.75) is 6.36 Å². The summed E-state index contributed by atoms with van der Waals surface area (Å²) in [5, 5.41) is 10.6. The quantitative estimate of drug-likeness (QED) is 0.339. The topological polar surface area (TPSA) is 91.6 Å². The highest BCUT2D eigenvalue weighted by atomic mass is 127. The average molecular weight is 392 g/mol. The van der Waals surface area contributed by atoms with Gasteiger partial charge in [0.2, 0.25) is 0 Å². The summed E-state index contributed by atoms with van der Waals surface area (Å²) < 4.78 is 44.0. The second kappa shape index (κ2) is 5.54. The van der Waals surface area contributed by atoms with Crippen LogP contribution >= 0.6 is 22.6 Å². The highest BCUT2D eigenvalue weighted by Crippen LogP contribution is 2.30. The van der Waals surface area contributed by atoms with Gasteiger partial charge in [-0.25, -0.2) is 4.79 Å². The van der Waals surface area contributed by atoms with Crippen LogP contribution in [-0.2, 0) is 4.74 Å². The number of nitro groups is 1. The van der Waals surface area contributed by atoms with Gasteiger partial charge < -0.3 is 19.6 Å². The molecule has 0 bridgehead atoms. The molecule has 0 saturated heterocycles. The molecule has 0 amide bonds. The van der Waals surface area contributed by atoms with Crippen molar-refractivity contribution in [2.24, 2.45) is 0 Å². The first kappa shape index (κ1) is 15.4. The minimum atomic E-state index is -5.14. The molecule has 1 rings (SSSR count). The van der Waals surface area contributed by atoms with Crippen molar-refractivity contribution < 1.29 is 32.4 Å². The average Bonchev–Trinajstić information content (AvgIpc) is 2.27. The molecule has 0 aliphatic rings. The molecule has 0 aromatic carbocycles. The molecular formula is C8H4F3IN2O5. The van der Waals surface area contributed by atoms with Crippen LogP contribution in [0, 0.1) is 13.7 Å². The maximum absolute atomic E-state index is 12.1. The number of rotatable bonds is 3. The monoisotopic (exact) mass is 392 g/mol. The summed E-state index contributed by atoms with van der Waals surface area (Å²) in [6.45, 7) is 0. The standard InChI is InChI=1S/C8H4F3IN2O5/c1-18-7(15)3-2-4(12)5(14(16)17)13-6(3)19-8(9,10)11/h2H,1H3. The number of aromatic nitrogens is 1. The van der Waals surface area contributed by atoms with Crippen molar-refractivity contribution in [3.8, 4) is 5.88 Å². The first-order valence-corrected chi connectivity index (χ1v) is 5.42. The molecule has 0 aliphatic heterocycles. The first-order valence-electron chi connectivity index (χ1n) is 4.34. The lowest BCUT2D eigenvalue weighted by molar-refractivity contribution is -0.391. The number of halogens is 4. The normalized spacial score (nSPS) is 11.0. The zero-order chi connectivity index (χ0) is 14.8. The SMILES string of the molecule is COC(=O)c1cc(I)c([N+](=O)[O-])nc1OC(F)(F)F. The highest BCUT2D eigenvalue weighted by molar-refractivity contribution is 14.1. The van der Waals surface area contributed by atoms with Gasteiger partial charge in [-0.2, -0.15) is 0 Å². The predicted octanol–water partition coefficient (Wildman–Crippen LogP) is 2.28. The van der Waals surface area contributed by atoms with Gasteiger partial charge in [-0.05, 0) is 33.6 Å². The number of esters is 1. The lowest BCUT2D eigenvalue weighted by Gasteiger charge is -2.08. The number of hydrogen-bond donors (Lipinski definition) is 0. The van der Waals surface area contributed by atoms with Crippen LogP contribution in [0.15, 0.2) is 6.07 Å². The van der Waals surface area contributed by atoms with Crippen LogP contribution in [0.3, 0.4) is 0 Å². The third-order valence-electron chi connectivity index (χ3n) is 1.71. The number of methoxy groups -OCH3 is 1. The Morgan fingerprint density at radius 2 is 2.11 bits per heavy atom. The zero-order valence-electron chi connectivity index (χ0n) is 9.02. The summed E-state index contributed by atoms with van der Waals surface area (Å²) in [5.41, 5.74) is -0.658. The molecule has 0 spiro atoms. The van der Waals surface area contributed by atoms with Gasteiger partial charge >= 0.3 is 24.0 Å². The Bertz CT molecular complexity index is 534. The first-order chi connectivity index (χ1) is 8.65. The molecule has 0 aliphatic carbocycles. The number of carbonyl (C=O) groups is 1. The van der Waals surface area contributed by atoms with Crippen molar-refractivity contribution in [2.75, 3.05) is 7.11 Å². The number of hydrogen-bond acceptors (Lipinski definition) is 6. The smallest absolute Gasteiger partial charge is 0.465 e.